The Kier molecular flexibility index (Phi) is 16.0. The van der Waals surface area contributed by atoms with E-state index in [1.165, 1.54) is 39.0 Å². The van der Waals surface area contributed by atoms with Crippen LogP contribution in [-0.4, -0.2) is 83.5 Å². The molecule has 3 N–H and O–H groups in total. The molecule has 0 fully saturated rings. The van der Waals surface area contributed by atoms with E-state index in [1.807, 2.05) is 5.32 Å². The number of carbonyl (C=O) groups excluding carboxylic acids is 3. The van der Waals surface area contributed by atoms with E-state index in [1.54, 1.807) is 0 Å². The van der Waals surface area contributed by atoms with Gasteiger partial charge in [-0.1, -0.05) is 11.6 Å². The van der Waals surface area contributed by atoms with Crippen LogP contribution in [0.3, 0.4) is 0 Å². The first-order chi connectivity index (χ1) is 27.8. The van der Waals surface area contributed by atoms with E-state index in [0.717, 1.165) is 43.2 Å². The number of thioether (sulfide) groups is 1. The van der Waals surface area contributed by atoms with E-state index >= 15 is 0 Å². The number of amides is 3. The van der Waals surface area contributed by atoms with Gasteiger partial charge in [-0.3, -0.25) is 24.3 Å². The number of hydrogen-bond donors (Lipinski definition) is 3. The predicted octanol–water partition coefficient (Wildman–Crippen LogP) is 3.93. The summed E-state index contributed by atoms with van der Waals surface area (Å²) in [6.07, 6.45) is -9.17. The summed E-state index contributed by atoms with van der Waals surface area (Å²) < 4.78 is 133. The SMILES string of the molecule is COC(=O)CCNC(=O)C(C)Sc1cc(-n2c(=O)cc(C(F)(F)F)n(C)c2=O)c(F)cc1Cl.COc1cc(OC)nc(NC(=O)NS(=O)(=O)c2ncccc2C(F)(F)F)n1. The summed E-state index contributed by atoms with van der Waals surface area (Å²) in [5.74, 6) is -2.57. The van der Waals surface area contributed by atoms with Crippen molar-refractivity contribution in [1.29, 1.82) is 0 Å². The zero-order chi connectivity index (χ0) is 45.3. The number of sulfonamides is 1. The van der Waals surface area contributed by atoms with Gasteiger partial charge in [0.2, 0.25) is 23.6 Å². The van der Waals surface area contributed by atoms with Crippen molar-refractivity contribution >= 4 is 57.2 Å². The van der Waals surface area contributed by atoms with Crippen LogP contribution in [0.15, 0.2) is 62.1 Å². The Bertz CT molecular complexity index is 2460. The number of urea groups is 1. The highest BCUT2D eigenvalue weighted by atomic mass is 35.5. The van der Waals surface area contributed by atoms with E-state index in [2.05, 4.69) is 25.0 Å². The average Bonchev–Trinajstić information content (AvgIpc) is 3.16. The number of carbonyl (C=O) groups is 3. The highest BCUT2D eigenvalue weighted by Gasteiger charge is 2.39. The lowest BCUT2D eigenvalue weighted by Crippen LogP contribution is -2.41. The molecule has 4 aromatic rings. The number of hydrogen-bond acceptors (Lipinski definition) is 14. The third-order valence-electron chi connectivity index (χ3n) is 7.26. The fourth-order valence-corrected chi connectivity index (χ4v) is 6.74. The molecule has 3 heterocycles. The Hall–Kier alpha value is -5.96. The molecule has 1 atom stereocenters. The number of rotatable bonds is 12. The number of esters is 1. The summed E-state index contributed by atoms with van der Waals surface area (Å²) in [6.45, 7) is 1.50. The van der Waals surface area contributed by atoms with Crippen LogP contribution in [0.25, 0.3) is 5.69 Å². The number of nitrogens with zero attached hydrogens (tertiary/aromatic N) is 5. The van der Waals surface area contributed by atoms with E-state index in [-0.39, 0.29) is 49.8 Å². The molecule has 18 nitrogen and oxygen atoms in total. The molecule has 1 aromatic carbocycles. The maximum atomic E-state index is 14.6. The summed E-state index contributed by atoms with van der Waals surface area (Å²) in [7, 11) is -0.391. The lowest BCUT2D eigenvalue weighted by molar-refractivity contribution is -0.144. The topological polar surface area (TPSA) is 232 Å². The highest BCUT2D eigenvalue weighted by Crippen LogP contribution is 2.35. The van der Waals surface area contributed by atoms with Gasteiger partial charge in [-0.2, -0.15) is 44.7 Å². The molecular weight excluding hydrogens is 889 g/mol. The first-order valence-electron chi connectivity index (χ1n) is 16.1. The van der Waals surface area contributed by atoms with E-state index in [4.69, 9.17) is 21.1 Å². The van der Waals surface area contributed by atoms with Crippen molar-refractivity contribution in [2.24, 2.45) is 7.05 Å². The largest absolute Gasteiger partial charge is 0.481 e. The van der Waals surface area contributed by atoms with Gasteiger partial charge in [0.05, 0.1) is 55.3 Å². The summed E-state index contributed by atoms with van der Waals surface area (Å²) in [5, 5.41) is 2.16. The fourth-order valence-electron chi connectivity index (χ4n) is 4.46. The molecule has 0 radical (unpaired) electrons. The minimum Gasteiger partial charge on any atom is -0.481 e. The molecule has 0 saturated heterocycles. The minimum atomic E-state index is -4.99. The van der Waals surface area contributed by atoms with Gasteiger partial charge in [0.1, 0.15) is 11.5 Å². The van der Waals surface area contributed by atoms with Crippen LogP contribution in [0.2, 0.25) is 5.02 Å². The van der Waals surface area contributed by atoms with Gasteiger partial charge in [-0.15, -0.1) is 11.8 Å². The second kappa shape index (κ2) is 19.9. The number of anilines is 1. The Labute approximate surface area is 342 Å². The number of ether oxygens (including phenoxy) is 3. The maximum absolute atomic E-state index is 14.6. The molecular formula is C32H30ClF7N8O10S2. The zero-order valence-corrected chi connectivity index (χ0v) is 33.6. The van der Waals surface area contributed by atoms with Crippen LogP contribution in [0.5, 0.6) is 11.8 Å². The zero-order valence-electron chi connectivity index (χ0n) is 31.2. The normalized spacial score (nSPS) is 12.0. The van der Waals surface area contributed by atoms with Gasteiger partial charge < -0.3 is 19.5 Å². The van der Waals surface area contributed by atoms with Crippen molar-refractivity contribution in [2.45, 2.75) is 40.9 Å². The molecule has 0 aliphatic carbocycles. The average molecular weight is 919 g/mol. The van der Waals surface area contributed by atoms with Gasteiger partial charge in [0, 0.05) is 30.8 Å². The molecule has 326 valence electrons. The van der Waals surface area contributed by atoms with Crippen molar-refractivity contribution in [2.75, 3.05) is 33.2 Å². The van der Waals surface area contributed by atoms with E-state index in [9.17, 15) is 63.1 Å². The molecule has 0 saturated carbocycles. The van der Waals surface area contributed by atoms with Crippen LogP contribution in [-0.2, 0) is 43.7 Å². The molecule has 60 heavy (non-hydrogen) atoms. The Morgan fingerprint density at radius 3 is 2.13 bits per heavy atom. The Balaban J connectivity index is 0.000000327. The second-order valence-corrected chi connectivity index (χ2v) is 14.7. The van der Waals surface area contributed by atoms with Crippen LogP contribution in [0.1, 0.15) is 24.6 Å². The molecule has 0 aliphatic rings. The van der Waals surface area contributed by atoms with Crippen LogP contribution < -0.4 is 36.1 Å². The lowest BCUT2D eigenvalue weighted by atomic mass is 10.3. The summed E-state index contributed by atoms with van der Waals surface area (Å²) in [4.78, 5) is 70.7. The maximum Gasteiger partial charge on any atom is 0.431 e. The van der Waals surface area contributed by atoms with Crippen molar-refractivity contribution < 1.29 is 67.7 Å². The molecule has 0 spiro atoms. The third kappa shape index (κ3) is 12.5. The molecule has 3 aromatic heterocycles. The monoisotopic (exact) mass is 918 g/mol. The summed E-state index contributed by atoms with van der Waals surface area (Å²) in [5.41, 5.74) is -6.45. The first kappa shape index (κ1) is 48.4. The van der Waals surface area contributed by atoms with Crippen LogP contribution >= 0.6 is 23.4 Å². The Morgan fingerprint density at radius 1 is 0.967 bits per heavy atom. The van der Waals surface area contributed by atoms with E-state index in [0.29, 0.717) is 6.07 Å². The highest BCUT2D eigenvalue weighted by molar-refractivity contribution is 8.00. The standard InChI is InChI=1S/C19H18ClF4N3O5S.C13H12F3N5O5S/c1-9(17(30)25-5-4-16(29)32-3)33-13-7-12(11(21)6-10(13)20)27-15(28)8-14(19(22,23)24)26(2)18(27)31;1-25-8-6-9(26-2)19-11(18-8)20-12(22)21-27(23,24)10-7(13(14,15)16)4-3-5-17-10/h6-9H,4-5H2,1-3H3,(H,25,30);3-6H,1-2H3,(H2,18,19,20,21,22). The Morgan fingerprint density at radius 2 is 1.58 bits per heavy atom. The first-order valence-corrected chi connectivity index (χ1v) is 18.8. The van der Waals surface area contributed by atoms with Crippen LogP contribution in [0, 0.1) is 5.82 Å². The second-order valence-electron chi connectivity index (χ2n) is 11.3. The molecule has 0 aliphatic heterocycles. The molecule has 4 rings (SSSR count). The van der Waals surface area contributed by atoms with Gasteiger partial charge in [0.15, 0.2) is 5.03 Å². The van der Waals surface area contributed by atoms with E-state index < -0.39 is 90.5 Å². The molecule has 3 amide bonds. The lowest BCUT2D eigenvalue weighted by Gasteiger charge is -2.16. The quantitative estimate of drug-likeness (QED) is 0.104. The van der Waals surface area contributed by atoms with Crippen molar-refractivity contribution in [3.8, 4) is 17.4 Å². The third-order valence-corrected chi connectivity index (χ3v) is 10.1. The van der Waals surface area contributed by atoms with Gasteiger partial charge in [0.25, 0.3) is 15.6 Å². The van der Waals surface area contributed by atoms with Gasteiger partial charge in [-0.25, -0.2) is 28.3 Å². The smallest absolute Gasteiger partial charge is 0.431 e. The van der Waals surface area contributed by atoms with Crippen molar-refractivity contribution in [1.82, 2.24) is 34.1 Å². The molecule has 28 heteroatoms. The van der Waals surface area contributed by atoms with Gasteiger partial charge >= 0.3 is 30.0 Å². The number of nitrogens with one attached hydrogen (secondary N) is 3. The number of halogens is 8. The molecule has 1 unspecified atom stereocenters. The van der Waals surface area contributed by atoms with Crippen molar-refractivity contribution in [3.05, 3.63) is 85.5 Å². The number of methoxy groups -OCH3 is 3. The summed E-state index contributed by atoms with van der Waals surface area (Å²) >= 11 is 6.88. The van der Waals surface area contributed by atoms with Gasteiger partial charge in [-0.05, 0) is 31.2 Å². The fraction of sp³-hybridized carbons (Fsp3) is 0.312. The minimum absolute atomic E-state index is 0.00972. The van der Waals surface area contributed by atoms with Crippen molar-refractivity contribution in [3.63, 3.8) is 0 Å². The predicted molar refractivity (Wildman–Crippen MR) is 196 cm³/mol. The number of aromatic nitrogens is 5. The number of alkyl halides is 6. The number of pyridine rings is 1. The molecule has 0 bridgehead atoms. The van der Waals surface area contributed by atoms with Crippen LogP contribution in [0.4, 0.5) is 41.5 Å². The summed E-state index contributed by atoms with van der Waals surface area (Å²) in [6, 6.07) is 3.27. The number of benzene rings is 1.